The monoisotopic (exact) mass is 380 g/mol. The summed E-state index contributed by atoms with van der Waals surface area (Å²) in [6.45, 7) is 6.21. The quantitative estimate of drug-likeness (QED) is 0.675. The van der Waals surface area contributed by atoms with Crippen molar-refractivity contribution >= 4 is 23.1 Å². The fourth-order valence-electron chi connectivity index (χ4n) is 3.51. The Balaban J connectivity index is 1.55. The third kappa shape index (κ3) is 3.63. The number of carbonyl (C=O) groups excluding carboxylic acids is 1. The number of hydrogen-bond acceptors (Lipinski definition) is 7. The van der Waals surface area contributed by atoms with E-state index in [1.807, 2.05) is 41.1 Å². The SMILES string of the molecule is CCOC(=O)c1nc2ccc(N)cn2c1CN1CCN(c2ccccn2)CC1. The van der Waals surface area contributed by atoms with Crippen molar-refractivity contribution in [3.05, 3.63) is 54.1 Å². The van der Waals surface area contributed by atoms with Gasteiger partial charge in [-0.1, -0.05) is 6.07 Å². The number of rotatable bonds is 5. The van der Waals surface area contributed by atoms with E-state index in [1.54, 1.807) is 13.0 Å². The summed E-state index contributed by atoms with van der Waals surface area (Å²) >= 11 is 0. The Morgan fingerprint density at radius 3 is 2.71 bits per heavy atom. The van der Waals surface area contributed by atoms with Crippen LogP contribution < -0.4 is 10.6 Å². The van der Waals surface area contributed by atoms with Crippen molar-refractivity contribution in [3.63, 3.8) is 0 Å². The number of piperazine rings is 1. The number of ether oxygens (including phenoxy) is 1. The lowest BCUT2D eigenvalue weighted by molar-refractivity contribution is 0.0517. The number of nitrogens with two attached hydrogens (primary N) is 1. The molecule has 1 aliphatic heterocycles. The van der Waals surface area contributed by atoms with Gasteiger partial charge in [-0.05, 0) is 31.2 Å². The first kappa shape index (κ1) is 18.2. The molecular formula is C20H24N6O2. The first-order chi connectivity index (χ1) is 13.7. The van der Waals surface area contributed by atoms with E-state index in [4.69, 9.17) is 10.5 Å². The van der Waals surface area contributed by atoms with E-state index in [9.17, 15) is 4.79 Å². The predicted molar refractivity (Wildman–Crippen MR) is 107 cm³/mol. The molecule has 146 valence electrons. The van der Waals surface area contributed by atoms with Gasteiger partial charge in [-0.3, -0.25) is 9.30 Å². The number of pyridine rings is 2. The summed E-state index contributed by atoms with van der Waals surface area (Å²) in [6.07, 6.45) is 3.63. The summed E-state index contributed by atoms with van der Waals surface area (Å²) in [5.41, 5.74) is 8.45. The average Bonchev–Trinajstić information content (AvgIpc) is 3.07. The molecule has 1 fully saturated rings. The van der Waals surface area contributed by atoms with Crippen molar-refractivity contribution in [2.24, 2.45) is 0 Å². The van der Waals surface area contributed by atoms with E-state index in [0.717, 1.165) is 37.7 Å². The second-order valence-corrected chi connectivity index (χ2v) is 6.77. The highest BCUT2D eigenvalue weighted by molar-refractivity contribution is 5.89. The van der Waals surface area contributed by atoms with Crippen LogP contribution >= 0.6 is 0 Å². The number of nitrogen functional groups attached to an aromatic ring is 1. The lowest BCUT2D eigenvalue weighted by Gasteiger charge is -2.35. The average molecular weight is 380 g/mol. The lowest BCUT2D eigenvalue weighted by atomic mass is 10.2. The third-order valence-electron chi connectivity index (χ3n) is 4.93. The Morgan fingerprint density at radius 1 is 1.18 bits per heavy atom. The Bertz CT molecular complexity index is 963. The zero-order chi connectivity index (χ0) is 19.5. The van der Waals surface area contributed by atoms with Gasteiger partial charge in [0, 0.05) is 50.8 Å². The van der Waals surface area contributed by atoms with Gasteiger partial charge in [-0.2, -0.15) is 0 Å². The number of aromatic nitrogens is 3. The minimum Gasteiger partial charge on any atom is -0.461 e. The summed E-state index contributed by atoms with van der Waals surface area (Å²) < 4.78 is 7.11. The van der Waals surface area contributed by atoms with E-state index >= 15 is 0 Å². The largest absolute Gasteiger partial charge is 0.461 e. The van der Waals surface area contributed by atoms with E-state index in [2.05, 4.69) is 19.8 Å². The normalized spacial score (nSPS) is 15.1. The number of hydrogen-bond donors (Lipinski definition) is 1. The standard InChI is InChI=1S/C20H24N6O2/c1-2-28-20(27)19-16(26-13-15(21)6-7-18(26)23-19)14-24-9-11-25(12-10-24)17-5-3-4-8-22-17/h3-8,13H,2,9-12,14,21H2,1H3. The molecule has 4 heterocycles. The predicted octanol–water partition coefficient (Wildman–Crippen LogP) is 1.81. The highest BCUT2D eigenvalue weighted by atomic mass is 16.5. The van der Waals surface area contributed by atoms with Crippen molar-refractivity contribution in [2.45, 2.75) is 13.5 Å². The zero-order valence-electron chi connectivity index (χ0n) is 15.9. The van der Waals surface area contributed by atoms with Crippen LogP contribution in [0, 0.1) is 0 Å². The molecule has 8 heteroatoms. The molecular weight excluding hydrogens is 356 g/mol. The Kier molecular flexibility index (Phi) is 5.12. The van der Waals surface area contributed by atoms with Crippen LogP contribution in [0.15, 0.2) is 42.7 Å². The molecule has 3 aromatic heterocycles. The van der Waals surface area contributed by atoms with Gasteiger partial charge in [-0.25, -0.2) is 14.8 Å². The van der Waals surface area contributed by atoms with Crippen molar-refractivity contribution in [1.29, 1.82) is 0 Å². The van der Waals surface area contributed by atoms with Crippen molar-refractivity contribution in [1.82, 2.24) is 19.3 Å². The molecule has 0 radical (unpaired) electrons. The van der Waals surface area contributed by atoms with E-state index in [0.29, 0.717) is 30.2 Å². The molecule has 0 atom stereocenters. The maximum atomic E-state index is 12.4. The summed E-state index contributed by atoms with van der Waals surface area (Å²) in [7, 11) is 0. The van der Waals surface area contributed by atoms with Crippen molar-refractivity contribution < 1.29 is 9.53 Å². The molecule has 1 aliphatic rings. The number of carbonyl (C=O) groups is 1. The van der Waals surface area contributed by atoms with Crippen LogP contribution in [0.25, 0.3) is 5.65 Å². The van der Waals surface area contributed by atoms with Crippen molar-refractivity contribution in [3.8, 4) is 0 Å². The highest BCUT2D eigenvalue weighted by Gasteiger charge is 2.24. The van der Waals surface area contributed by atoms with Crippen LogP contribution in [0.5, 0.6) is 0 Å². The molecule has 2 N–H and O–H groups in total. The highest BCUT2D eigenvalue weighted by Crippen LogP contribution is 2.20. The molecule has 0 bridgehead atoms. The van der Waals surface area contributed by atoms with Crippen LogP contribution in [-0.2, 0) is 11.3 Å². The number of fused-ring (bicyclic) bond motifs is 1. The van der Waals surface area contributed by atoms with Crippen LogP contribution in [-0.4, -0.2) is 58.0 Å². The van der Waals surface area contributed by atoms with Crippen LogP contribution in [0.1, 0.15) is 23.1 Å². The van der Waals surface area contributed by atoms with Crippen molar-refractivity contribution in [2.75, 3.05) is 43.4 Å². The van der Waals surface area contributed by atoms with Gasteiger partial charge < -0.3 is 15.4 Å². The number of esters is 1. The summed E-state index contributed by atoms with van der Waals surface area (Å²) in [5, 5.41) is 0. The molecule has 28 heavy (non-hydrogen) atoms. The summed E-state index contributed by atoms with van der Waals surface area (Å²) in [5.74, 6) is 0.601. The summed E-state index contributed by atoms with van der Waals surface area (Å²) in [4.78, 5) is 25.9. The van der Waals surface area contributed by atoms with Gasteiger partial charge in [0.05, 0.1) is 12.3 Å². The Hall–Kier alpha value is -3.13. The minimum atomic E-state index is -0.396. The fourth-order valence-corrected chi connectivity index (χ4v) is 3.51. The molecule has 0 aromatic carbocycles. The maximum Gasteiger partial charge on any atom is 0.358 e. The molecule has 0 aliphatic carbocycles. The van der Waals surface area contributed by atoms with Gasteiger partial charge in [0.1, 0.15) is 11.5 Å². The molecule has 0 saturated carbocycles. The first-order valence-corrected chi connectivity index (χ1v) is 9.47. The second-order valence-electron chi connectivity index (χ2n) is 6.77. The van der Waals surface area contributed by atoms with Gasteiger partial charge in [0.15, 0.2) is 5.69 Å². The van der Waals surface area contributed by atoms with E-state index in [-0.39, 0.29) is 0 Å². The van der Waals surface area contributed by atoms with Gasteiger partial charge >= 0.3 is 5.97 Å². The fraction of sp³-hybridized carbons (Fsp3) is 0.350. The molecule has 8 nitrogen and oxygen atoms in total. The molecule has 3 aromatic rings. The molecule has 0 amide bonds. The Morgan fingerprint density at radius 2 is 2.00 bits per heavy atom. The van der Waals surface area contributed by atoms with Crippen LogP contribution in [0.3, 0.4) is 0 Å². The van der Waals surface area contributed by atoms with Gasteiger partial charge in [0.2, 0.25) is 0 Å². The van der Waals surface area contributed by atoms with E-state index < -0.39 is 5.97 Å². The maximum absolute atomic E-state index is 12.4. The smallest absolute Gasteiger partial charge is 0.358 e. The first-order valence-electron chi connectivity index (χ1n) is 9.47. The molecule has 1 saturated heterocycles. The summed E-state index contributed by atoms with van der Waals surface area (Å²) in [6, 6.07) is 9.56. The Labute approximate surface area is 163 Å². The number of imidazole rings is 1. The third-order valence-corrected chi connectivity index (χ3v) is 4.93. The molecule has 0 unspecified atom stereocenters. The minimum absolute atomic E-state index is 0.317. The molecule has 4 rings (SSSR count). The zero-order valence-corrected chi connectivity index (χ0v) is 15.9. The second kappa shape index (κ2) is 7.85. The number of anilines is 2. The lowest BCUT2D eigenvalue weighted by Crippen LogP contribution is -2.46. The van der Waals surface area contributed by atoms with Gasteiger partial charge in [0.25, 0.3) is 0 Å². The van der Waals surface area contributed by atoms with Crippen LogP contribution in [0.2, 0.25) is 0 Å². The van der Waals surface area contributed by atoms with Crippen LogP contribution in [0.4, 0.5) is 11.5 Å². The molecule has 0 spiro atoms. The van der Waals surface area contributed by atoms with Gasteiger partial charge in [-0.15, -0.1) is 0 Å². The van der Waals surface area contributed by atoms with E-state index in [1.165, 1.54) is 0 Å². The topological polar surface area (TPSA) is 89.0 Å². The number of nitrogens with zero attached hydrogens (tertiary/aromatic N) is 5.